The van der Waals surface area contributed by atoms with Gasteiger partial charge in [-0.2, -0.15) is 15.0 Å². The first kappa shape index (κ1) is 22.4. The van der Waals surface area contributed by atoms with Crippen LogP contribution in [0.15, 0.2) is 67.1 Å². The lowest BCUT2D eigenvalue weighted by atomic mass is 10.1. The lowest BCUT2D eigenvalue weighted by Crippen LogP contribution is -2.20. The number of nitrogens with two attached hydrogens (primary N) is 1. The van der Waals surface area contributed by atoms with Crippen LogP contribution in [0.4, 0.5) is 26.4 Å². The van der Waals surface area contributed by atoms with E-state index in [2.05, 4.69) is 36.8 Å². The lowest BCUT2D eigenvalue weighted by molar-refractivity contribution is 0.262. The Balaban J connectivity index is 1.51. The number of rotatable bonds is 4. The number of hydrogen-bond acceptors (Lipinski definition) is 7. The highest BCUT2D eigenvalue weighted by molar-refractivity contribution is 6.01. The fraction of sp³-hybridized carbons (Fsp3) is 0.0400. The van der Waals surface area contributed by atoms with Crippen LogP contribution in [0.25, 0.3) is 28.1 Å². The molecule has 0 atom stereocenters. The predicted octanol–water partition coefficient (Wildman–Crippen LogP) is 4.42. The Morgan fingerprint density at radius 2 is 1.94 bits per heavy atom. The maximum atomic E-state index is 15.1. The second-order valence-corrected chi connectivity index (χ2v) is 7.85. The first-order valence-corrected chi connectivity index (χ1v) is 10.7. The molecule has 0 bridgehead atoms. The van der Waals surface area contributed by atoms with Gasteiger partial charge in [-0.1, -0.05) is 18.2 Å². The van der Waals surface area contributed by atoms with Crippen LogP contribution in [-0.4, -0.2) is 30.8 Å². The number of aromatic nitrogens is 5. The summed E-state index contributed by atoms with van der Waals surface area (Å²) in [5.41, 5.74) is 8.93. The number of aryl methyl sites for hydroxylation is 1. The number of amides is 2. The Kier molecular flexibility index (Phi) is 5.68. The molecule has 3 aromatic heterocycles. The van der Waals surface area contributed by atoms with Crippen LogP contribution < -0.4 is 16.4 Å². The molecule has 2 amide bonds. The number of urea groups is 1. The number of halogens is 1. The largest absolute Gasteiger partial charge is 0.383 e. The molecular formula is C25H18FN9O. The summed E-state index contributed by atoms with van der Waals surface area (Å²) in [6.07, 6.45) is 2.80. The molecule has 11 heteroatoms. The summed E-state index contributed by atoms with van der Waals surface area (Å²) < 4.78 is 16.4. The van der Waals surface area contributed by atoms with Crippen LogP contribution >= 0.6 is 0 Å². The third-order valence-corrected chi connectivity index (χ3v) is 5.37. The van der Waals surface area contributed by atoms with E-state index in [1.807, 2.05) is 19.1 Å². The molecule has 0 aliphatic carbocycles. The quantitative estimate of drug-likeness (QED) is 0.345. The van der Waals surface area contributed by atoms with E-state index in [0.717, 1.165) is 5.56 Å². The number of nitriles is 1. The molecule has 0 aliphatic rings. The fourth-order valence-electron chi connectivity index (χ4n) is 3.75. The van der Waals surface area contributed by atoms with Crippen molar-refractivity contribution in [3.63, 3.8) is 0 Å². The van der Waals surface area contributed by atoms with Crippen LogP contribution in [0.5, 0.6) is 0 Å². The van der Waals surface area contributed by atoms with Crippen LogP contribution in [-0.2, 0) is 0 Å². The molecule has 0 aliphatic heterocycles. The third kappa shape index (κ3) is 4.14. The Morgan fingerprint density at radius 3 is 2.72 bits per heavy atom. The average molecular weight is 479 g/mol. The average Bonchev–Trinajstić information content (AvgIpc) is 3.26. The van der Waals surface area contributed by atoms with Crippen molar-refractivity contribution in [3.8, 4) is 23.1 Å². The molecule has 3 heterocycles. The second-order valence-electron chi connectivity index (χ2n) is 7.85. The van der Waals surface area contributed by atoms with E-state index in [1.54, 1.807) is 30.3 Å². The van der Waals surface area contributed by atoms with Gasteiger partial charge in [-0.15, -0.1) is 0 Å². The molecule has 0 saturated carbocycles. The third-order valence-electron chi connectivity index (χ3n) is 5.37. The van der Waals surface area contributed by atoms with Crippen molar-refractivity contribution in [2.45, 2.75) is 6.92 Å². The van der Waals surface area contributed by atoms with Crippen LogP contribution in [0.3, 0.4) is 0 Å². The number of nitrogens with zero attached hydrogens (tertiary/aromatic N) is 6. The number of benzene rings is 2. The van der Waals surface area contributed by atoms with Crippen molar-refractivity contribution in [3.05, 3.63) is 84.1 Å². The number of pyridine rings is 1. The van der Waals surface area contributed by atoms with Gasteiger partial charge in [-0.25, -0.2) is 24.1 Å². The smallest absolute Gasteiger partial charge is 0.323 e. The lowest BCUT2D eigenvalue weighted by Gasteiger charge is -2.10. The van der Waals surface area contributed by atoms with E-state index < -0.39 is 11.8 Å². The van der Waals surface area contributed by atoms with Crippen molar-refractivity contribution < 1.29 is 9.18 Å². The molecule has 5 aromatic rings. The monoisotopic (exact) mass is 479 g/mol. The summed E-state index contributed by atoms with van der Waals surface area (Å²) in [5.74, 6) is -0.294. The minimum Gasteiger partial charge on any atom is -0.383 e. The zero-order valence-corrected chi connectivity index (χ0v) is 18.9. The van der Waals surface area contributed by atoms with Gasteiger partial charge in [0.1, 0.15) is 29.7 Å². The fourth-order valence-corrected chi connectivity index (χ4v) is 3.75. The normalized spacial score (nSPS) is 10.7. The first-order valence-electron chi connectivity index (χ1n) is 10.7. The van der Waals surface area contributed by atoms with E-state index in [1.165, 1.54) is 29.3 Å². The molecule has 36 heavy (non-hydrogen) atoms. The SMILES string of the molecule is Cc1cccc(NC(=O)Nc2ccc(-c3nn(-c4ncccc4C#N)c4ncnc(N)c34)cc2F)c1. The van der Waals surface area contributed by atoms with Crippen molar-refractivity contribution >= 4 is 34.3 Å². The highest BCUT2D eigenvalue weighted by Crippen LogP contribution is 2.33. The van der Waals surface area contributed by atoms with Gasteiger partial charge in [0.05, 0.1) is 16.6 Å². The van der Waals surface area contributed by atoms with Crippen LogP contribution in [0.1, 0.15) is 11.1 Å². The highest BCUT2D eigenvalue weighted by atomic mass is 19.1. The number of nitrogens with one attached hydrogen (secondary N) is 2. The summed E-state index contributed by atoms with van der Waals surface area (Å²) in [4.78, 5) is 24.9. The van der Waals surface area contributed by atoms with E-state index in [4.69, 9.17) is 5.73 Å². The molecule has 0 unspecified atom stereocenters. The van der Waals surface area contributed by atoms with Gasteiger partial charge in [0.2, 0.25) is 0 Å². The van der Waals surface area contributed by atoms with E-state index in [0.29, 0.717) is 28.0 Å². The standard InChI is InChI=1S/C25H18FN9O/c1-14-4-2-6-17(10-14)32-25(36)33-19-8-7-15(11-18(19)26)21-20-22(28)30-13-31-24(20)35(34-21)23-16(12-27)5-3-9-29-23/h2-11,13H,1H3,(H2,28,30,31)(H2,32,33,36). The summed E-state index contributed by atoms with van der Waals surface area (Å²) >= 11 is 0. The molecule has 0 radical (unpaired) electrons. The second kappa shape index (κ2) is 9.11. The van der Waals surface area contributed by atoms with Gasteiger partial charge >= 0.3 is 6.03 Å². The van der Waals surface area contributed by atoms with Crippen molar-refractivity contribution in [2.75, 3.05) is 16.4 Å². The zero-order chi connectivity index (χ0) is 25.2. The first-order chi connectivity index (χ1) is 17.4. The molecule has 10 nitrogen and oxygen atoms in total. The van der Waals surface area contributed by atoms with Crippen molar-refractivity contribution in [1.29, 1.82) is 5.26 Å². The minimum atomic E-state index is -0.680. The maximum absolute atomic E-state index is 15.1. The number of carbonyl (C=O) groups is 1. The Bertz CT molecular complexity index is 1670. The van der Waals surface area contributed by atoms with Gasteiger partial charge < -0.3 is 16.4 Å². The molecular weight excluding hydrogens is 461 g/mol. The highest BCUT2D eigenvalue weighted by Gasteiger charge is 2.21. The summed E-state index contributed by atoms with van der Waals surface area (Å²) in [6, 6.07) is 16.2. The molecule has 0 spiro atoms. The van der Waals surface area contributed by atoms with Crippen molar-refractivity contribution in [2.24, 2.45) is 0 Å². The van der Waals surface area contributed by atoms with E-state index in [9.17, 15) is 10.1 Å². The number of fused-ring (bicyclic) bond motifs is 1. The zero-order valence-electron chi connectivity index (χ0n) is 18.9. The van der Waals surface area contributed by atoms with Gasteiger partial charge in [0.25, 0.3) is 0 Å². The molecule has 0 fully saturated rings. The number of anilines is 3. The summed E-state index contributed by atoms with van der Waals surface area (Å²) in [5, 5.41) is 19.6. The van der Waals surface area contributed by atoms with Gasteiger partial charge in [0, 0.05) is 17.4 Å². The van der Waals surface area contributed by atoms with E-state index >= 15 is 4.39 Å². The van der Waals surface area contributed by atoms with Crippen LogP contribution in [0.2, 0.25) is 0 Å². The minimum absolute atomic E-state index is 0.0200. The number of hydrogen-bond donors (Lipinski definition) is 3. The molecule has 2 aromatic carbocycles. The van der Waals surface area contributed by atoms with Gasteiger partial charge in [0.15, 0.2) is 11.5 Å². The number of carbonyl (C=O) groups excluding carboxylic acids is 1. The Morgan fingerprint density at radius 1 is 1.08 bits per heavy atom. The van der Waals surface area contributed by atoms with Crippen molar-refractivity contribution in [1.82, 2.24) is 24.7 Å². The molecule has 176 valence electrons. The Labute approximate surface area is 204 Å². The predicted molar refractivity (Wildman–Crippen MR) is 133 cm³/mol. The summed E-state index contributed by atoms with van der Waals surface area (Å²) in [7, 11) is 0. The van der Waals surface area contributed by atoms with Crippen LogP contribution in [0, 0.1) is 24.1 Å². The van der Waals surface area contributed by atoms with E-state index in [-0.39, 0.29) is 22.9 Å². The number of nitrogen functional groups attached to an aromatic ring is 1. The topological polar surface area (TPSA) is 147 Å². The maximum Gasteiger partial charge on any atom is 0.323 e. The van der Waals surface area contributed by atoms with Gasteiger partial charge in [-0.05, 0) is 48.9 Å². The molecule has 4 N–H and O–H groups in total. The van der Waals surface area contributed by atoms with Gasteiger partial charge in [-0.3, -0.25) is 0 Å². The summed E-state index contributed by atoms with van der Waals surface area (Å²) in [6.45, 7) is 1.90. The molecule has 0 saturated heterocycles. The Hall–Kier alpha value is -5.37. The molecule has 5 rings (SSSR count).